The van der Waals surface area contributed by atoms with E-state index in [0.29, 0.717) is 32.5 Å². The lowest BCUT2D eigenvalue weighted by Crippen LogP contribution is -2.55. The molecule has 2 aromatic carbocycles. The maximum atomic E-state index is 12.9. The molecule has 0 aromatic heterocycles. The number of likely N-dealkylation sites (tertiary alicyclic amines) is 1. The van der Waals surface area contributed by atoms with Gasteiger partial charge < -0.3 is 20.9 Å². The highest BCUT2D eigenvalue weighted by Gasteiger charge is 2.37. The van der Waals surface area contributed by atoms with Crippen LogP contribution in [0.2, 0.25) is 0 Å². The predicted octanol–water partition coefficient (Wildman–Crippen LogP) is 2.70. The minimum absolute atomic E-state index is 0. The van der Waals surface area contributed by atoms with Gasteiger partial charge in [-0.3, -0.25) is 9.59 Å². The number of urea groups is 1. The standard InChI is InChI=1S/C23H30N4O3.ClH/c1-3-26(4-2)23(30)27-13-7-10-20(27)22(29)25-19(21(24)28)15-16-11-12-17-8-5-6-9-18(17)14-16;/h5-6,8-9,11-12,14,19-20H,3-4,7,10,13,15H2,1-2H3,(H2,24,28)(H,25,29);1H/t19?,20-;/m0./s1. The van der Waals surface area contributed by atoms with Gasteiger partial charge in [0.25, 0.3) is 0 Å². The summed E-state index contributed by atoms with van der Waals surface area (Å²) in [6.07, 6.45) is 1.65. The van der Waals surface area contributed by atoms with E-state index in [1.54, 1.807) is 9.80 Å². The van der Waals surface area contributed by atoms with E-state index >= 15 is 0 Å². The molecule has 3 rings (SSSR count). The Morgan fingerprint density at radius 2 is 1.81 bits per heavy atom. The van der Waals surface area contributed by atoms with Gasteiger partial charge in [-0.2, -0.15) is 0 Å². The zero-order valence-electron chi connectivity index (χ0n) is 18.0. The van der Waals surface area contributed by atoms with Gasteiger partial charge in [0.1, 0.15) is 12.1 Å². The van der Waals surface area contributed by atoms with Crippen LogP contribution in [0.15, 0.2) is 42.5 Å². The number of nitrogens with one attached hydrogen (secondary N) is 1. The van der Waals surface area contributed by atoms with Gasteiger partial charge in [-0.25, -0.2) is 4.79 Å². The minimum atomic E-state index is -0.829. The van der Waals surface area contributed by atoms with E-state index in [-0.39, 0.29) is 24.3 Å². The molecular formula is C23H31ClN4O3. The number of halogens is 1. The molecule has 2 aromatic rings. The van der Waals surface area contributed by atoms with Gasteiger partial charge in [-0.1, -0.05) is 42.5 Å². The Balaban J connectivity index is 0.00000341. The third kappa shape index (κ3) is 5.67. The highest BCUT2D eigenvalue weighted by molar-refractivity contribution is 5.92. The van der Waals surface area contributed by atoms with Crippen LogP contribution >= 0.6 is 12.4 Å². The average molecular weight is 447 g/mol. The van der Waals surface area contributed by atoms with Crippen molar-refractivity contribution in [2.75, 3.05) is 19.6 Å². The van der Waals surface area contributed by atoms with Crippen molar-refractivity contribution < 1.29 is 14.4 Å². The van der Waals surface area contributed by atoms with Crippen molar-refractivity contribution in [2.24, 2.45) is 5.73 Å². The second-order valence-corrected chi connectivity index (χ2v) is 7.66. The summed E-state index contributed by atoms with van der Waals surface area (Å²) in [6.45, 7) is 5.55. The number of rotatable bonds is 7. The van der Waals surface area contributed by atoms with Gasteiger partial charge >= 0.3 is 6.03 Å². The van der Waals surface area contributed by atoms with Crippen LogP contribution < -0.4 is 11.1 Å². The topological polar surface area (TPSA) is 95.7 Å². The predicted molar refractivity (Wildman–Crippen MR) is 124 cm³/mol. The molecule has 1 aliphatic rings. The monoisotopic (exact) mass is 446 g/mol. The van der Waals surface area contributed by atoms with Crippen LogP contribution in [0.3, 0.4) is 0 Å². The van der Waals surface area contributed by atoms with Crippen molar-refractivity contribution in [3.63, 3.8) is 0 Å². The minimum Gasteiger partial charge on any atom is -0.368 e. The van der Waals surface area contributed by atoms with Gasteiger partial charge in [0.15, 0.2) is 0 Å². The lowest BCUT2D eigenvalue weighted by atomic mass is 10.0. The summed E-state index contributed by atoms with van der Waals surface area (Å²) in [7, 11) is 0. The largest absolute Gasteiger partial charge is 0.368 e. The smallest absolute Gasteiger partial charge is 0.320 e. The van der Waals surface area contributed by atoms with Crippen molar-refractivity contribution in [1.29, 1.82) is 0 Å². The number of fused-ring (bicyclic) bond motifs is 1. The zero-order chi connectivity index (χ0) is 21.7. The summed E-state index contributed by atoms with van der Waals surface area (Å²) in [5.41, 5.74) is 6.50. The van der Waals surface area contributed by atoms with Crippen LogP contribution in [-0.4, -0.2) is 59.4 Å². The second-order valence-electron chi connectivity index (χ2n) is 7.66. The van der Waals surface area contributed by atoms with Crippen LogP contribution in [0.5, 0.6) is 0 Å². The van der Waals surface area contributed by atoms with Crippen LogP contribution in [0, 0.1) is 0 Å². The lowest BCUT2D eigenvalue weighted by molar-refractivity contribution is -0.129. The molecule has 4 amide bonds. The van der Waals surface area contributed by atoms with E-state index in [1.165, 1.54) is 0 Å². The van der Waals surface area contributed by atoms with E-state index in [1.807, 2.05) is 56.3 Å². The zero-order valence-corrected chi connectivity index (χ0v) is 18.9. The SMILES string of the molecule is CCN(CC)C(=O)N1CCC[C@H]1C(=O)NC(Cc1ccc2ccccc2c1)C(N)=O.Cl. The molecule has 1 saturated heterocycles. The molecule has 1 heterocycles. The van der Waals surface area contributed by atoms with Crippen LogP contribution in [0.25, 0.3) is 10.8 Å². The Kier molecular flexibility index (Phi) is 8.68. The third-order valence-electron chi connectivity index (χ3n) is 5.75. The summed E-state index contributed by atoms with van der Waals surface area (Å²) in [4.78, 5) is 41.0. The number of carbonyl (C=O) groups is 3. The quantitative estimate of drug-likeness (QED) is 0.684. The Morgan fingerprint density at radius 3 is 2.45 bits per heavy atom. The molecule has 0 aliphatic carbocycles. The van der Waals surface area contributed by atoms with E-state index in [4.69, 9.17) is 5.73 Å². The Labute approximate surface area is 189 Å². The summed E-state index contributed by atoms with van der Waals surface area (Å²) in [5, 5.41) is 4.96. The molecular weight excluding hydrogens is 416 g/mol. The Bertz CT molecular complexity index is 932. The molecule has 1 unspecified atom stereocenters. The van der Waals surface area contributed by atoms with E-state index in [0.717, 1.165) is 22.8 Å². The summed E-state index contributed by atoms with van der Waals surface area (Å²) >= 11 is 0. The number of hydrogen-bond donors (Lipinski definition) is 2. The summed E-state index contributed by atoms with van der Waals surface area (Å²) in [5.74, 6) is -0.909. The van der Waals surface area contributed by atoms with Gasteiger partial charge in [-0.05, 0) is 43.0 Å². The molecule has 8 heteroatoms. The summed E-state index contributed by atoms with van der Waals surface area (Å²) < 4.78 is 0. The van der Waals surface area contributed by atoms with Crippen molar-refractivity contribution in [3.05, 3.63) is 48.0 Å². The molecule has 0 radical (unpaired) electrons. The highest BCUT2D eigenvalue weighted by Crippen LogP contribution is 2.20. The van der Waals surface area contributed by atoms with E-state index in [9.17, 15) is 14.4 Å². The molecule has 2 atom stereocenters. The Hall–Kier alpha value is -2.80. The number of hydrogen-bond acceptors (Lipinski definition) is 3. The molecule has 1 aliphatic heterocycles. The Morgan fingerprint density at radius 1 is 1.13 bits per heavy atom. The van der Waals surface area contributed by atoms with Crippen LogP contribution in [0.4, 0.5) is 4.79 Å². The van der Waals surface area contributed by atoms with Crippen molar-refractivity contribution in [3.8, 4) is 0 Å². The first-order valence-corrected chi connectivity index (χ1v) is 10.6. The lowest BCUT2D eigenvalue weighted by Gasteiger charge is -2.30. The van der Waals surface area contributed by atoms with Crippen molar-refractivity contribution in [2.45, 2.75) is 45.2 Å². The molecule has 7 nitrogen and oxygen atoms in total. The average Bonchev–Trinajstić information content (AvgIpc) is 3.24. The molecule has 1 fully saturated rings. The molecule has 3 N–H and O–H groups in total. The van der Waals surface area contributed by atoms with Gasteiger partial charge in [0.2, 0.25) is 11.8 Å². The maximum absolute atomic E-state index is 12.9. The number of benzene rings is 2. The molecule has 168 valence electrons. The number of carbonyl (C=O) groups excluding carboxylic acids is 3. The first-order valence-electron chi connectivity index (χ1n) is 10.6. The highest BCUT2D eigenvalue weighted by atomic mass is 35.5. The fourth-order valence-electron chi connectivity index (χ4n) is 4.04. The van der Waals surface area contributed by atoms with E-state index in [2.05, 4.69) is 5.32 Å². The van der Waals surface area contributed by atoms with Gasteiger partial charge in [0.05, 0.1) is 0 Å². The normalized spacial score (nSPS) is 16.5. The fourth-order valence-corrected chi connectivity index (χ4v) is 4.04. The van der Waals surface area contributed by atoms with Crippen molar-refractivity contribution >= 4 is 41.0 Å². The van der Waals surface area contributed by atoms with Gasteiger partial charge in [0, 0.05) is 26.1 Å². The van der Waals surface area contributed by atoms with Crippen LogP contribution in [-0.2, 0) is 16.0 Å². The molecule has 0 bridgehead atoms. The van der Waals surface area contributed by atoms with Crippen LogP contribution in [0.1, 0.15) is 32.3 Å². The maximum Gasteiger partial charge on any atom is 0.320 e. The molecule has 31 heavy (non-hydrogen) atoms. The number of amides is 4. The number of nitrogens with zero attached hydrogens (tertiary/aromatic N) is 2. The number of nitrogens with two attached hydrogens (primary N) is 1. The van der Waals surface area contributed by atoms with Gasteiger partial charge in [-0.15, -0.1) is 12.4 Å². The fraction of sp³-hybridized carbons (Fsp3) is 0.435. The van der Waals surface area contributed by atoms with E-state index < -0.39 is 18.0 Å². The van der Waals surface area contributed by atoms with Crippen molar-refractivity contribution in [1.82, 2.24) is 15.1 Å². The number of primary amides is 1. The first kappa shape index (κ1) is 24.5. The summed E-state index contributed by atoms with van der Waals surface area (Å²) in [6, 6.07) is 12.4. The second kappa shape index (κ2) is 11.0. The molecule has 0 saturated carbocycles. The first-order chi connectivity index (χ1) is 14.4. The molecule has 0 spiro atoms. The third-order valence-corrected chi connectivity index (χ3v) is 5.75.